The maximum Gasteiger partial charge on any atom is 0.219 e. The number of hydrogen-bond acceptors (Lipinski definition) is 4. The normalized spacial score (nSPS) is 20.8. The first-order valence-corrected chi connectivity index (χ1v) is 9.67. The van der Waals surface area contributed by atoms with E-state index < -0.39 is 0 Å². The number of aromatic nitrogens is 1. The van der Waals surface area contributed by atoms with Crippen LogP contribution in [0.5, 0.6) is 11.6 Å². The van der Waals surface area contributed by atoms with E-state index in [1.54, 1.807) is 6.20 Å². The summed E-state index contributed by atoms with van der Waals surface area (Å²) in [7, 11) is 0. The van der Waals surface area contributed by atoms with Crippen LogP contribution in [0.25, 0.3) is 0 Å². The van der Waals surface area contributed by atoms with E-state index in [1.165, 1.54) is 12.0 Å². The fourth-order valence-electron chi connectivity index (χ4n) is 3.80. The molecule has 2 heterocycles. The minimum atomic E-state index is 0.434. The van der Waals surface area contributed by atoms with Crippen molar-refractivity contribution in [2.45, 2.75) is 40.0 Å². The summed E-state index contributed by atoms with van der Waals surface area (Å²) in [4.78, 5) is 6.47. The van der Waals surface area contributed by atoms with Gasteiger partial charge in [-0.3, -0.25) is 0 Å². The molecular formula is C22H29N3O2. The number of pyridine rings is 1. The zero-order valence-electron chi connectivity index (χ0n) is 16.6. The molecule has 0 radical (unpaired) electrons. The van der Waals surface area contributed by atoms with Crippen LogP contribution in [0.15, 0.2) is 47.8 Å². The third-order valence-electron chi connectivity index (χ3n) is 5.00. The summed E-state index contributed by atoms with van der Waals surface area (Å²) in [6.07, 6.45) is 2.89. The fourth-order valence-corrected chi connectivity index (χ4v) is 3.80. The smallest absolute Gasteiger partial charge is 0.219 e. The van der Waals surface area contributed by atoms with Crippen molar-refractivity contribution in [3.8, 4) is 11.6 Å². The average Bonchev–Trinajstić information content (AvgIpc) is 2.62. The van der Waals surface area contributed by atoms with E-state index in [4.69, 9.17) is 4.74 Å². The lowest BCUT2D eigenvalue weighted by molar-refractivity contribution is 0.204. The van der Waals surface area contributed by atoms with E-state index in [1.807, 2.05) is 30.3 Å². The number of amidine groups is 1. The maximum atomic E-state index is 9.67. The van der Waals surface area contributed by atoms with Crippen molar-refractivity contribution >= 4 is 5.84 Å². The Morgan fingerprint density at radius 2 is 1.93 bits per heavy atom. The molecule has 2 atom stereocenters. The highest BCUT2D eigenvalue weighted by molar-refractivity contribution is 5.98. The molecule has 0 amide bonds. The molecule has 1 aliphatic rings. The van der Waals surface area contributed by atoms with Gasteiger partial charge in [0.25, 0.3) is 0 Å². The number of hydrogen-bond donors (Lipinski definition) is 1. The first-order valence-electron chi connectivity index (χ1n) is 9.67. The van der Waals surface area contributed by atoms with Crippen molar-refractivity contribution in [3.63, 3.8) is 0 Å². The SMILES string of the molecule is CC1CC(C)CN(/C(=N\O)c2ccnc(Oc3cccc(C(C)C)c3)c2)C1. The summed E-state index contributed by atoms with van der Waals surface area (Å²) in [6.45, 7) is 10.6. The molecule has 5 nitrogen and oxygen atoms in total. The molecule has 1 aromatic carbocycles. The third-order valence-corrected chi connectivity index (χ3v) is 5.00. The minimum absolute atomic E-state index is 0.434. The van der Waals surface area contributed by atoms with Gasteiger partial charge in [-0.1, -0.05) is 45.0 Å². The number of likely N-dealkylation sites (tertiary alicyclic amines) is 1. The van der Waals surface area contributed by atoms with E-state index in [0.29, 0.717) is 29.5 Å². The van der Waals surface area contributed by atoms with Crippen LogP contribution in [0, 0.1) is 11.8 Å². The van der Waals surface area contributed by atoms with Crippen LogP contribution in [0.3, 0.4) is 0 Å². The number of rotatable bonds is 4. The van der Waals surface area contributed by atoms with Crippen molar-refractivity contribution in [1.29, 1.82) is 0 Å². The van der Waals surface area contributed by atoms with Crippen LogP contribution in [0.4, 0.5) is 0 Å². The monoisotopic (exact) mass is 367 g/mol. The predicted molar refractivity (Wildman–Crippen MR) is 108 cm³/mol. The largest absolute Gasteiger partial charge is 0.439 e. The topological polar surface area (TPSA) is 58.0 Å². The number of oxime groups is 1. The second-order valence-corrected chi connectivity index (χ2v) is 7.99. The molecule has 0 aliphatic carbocycles. The molecule has 27 heavy (non-hydrogen) atoms. The van der Waals surface area contributed by atoms with Crippen molar-refractivity contribution < 1.29 is 9.94 Å². The van der Waals surface area contributed by atoms with Gasteiger partial charge in [0.15, 0.2) is 5.84 Å². The first-order chi connectivity index (χ1) is 13.0. The van der Waals surface area contributed by atoms with Gasteiger partial charge >= 0.3 is 0 Å². The van der Waals surface area contributed by atoms with Crippen LogP contribution < -0.4 is 4.74 Å². The molecule has 3 rings (SSSR count). The van der Waals surface area contributed by atoms with Crippen molar-refractivity contribution in [2.24, 2.45) is 17.0 Å². The van der Waals surface area contributed by atoms with Gasteiger partial charge in [0.05, 0.1) is 0 Å². The Labute approximate surface area is 161 Å². The Kier molecular flexibility index (Phi) is 5.99. The standard InChI is InChI=1S/C22H29N3O2/c1-15(2)18-6-5-7-20(11-18)27-21-12-19(8-9-23-21)22(24-26)25-13-16(3)10-17(4)14-25/h5-9,11-12,15-17,26H,10,13-14H2,1-4H3/b24-22-. The Hall–Kier alpha value is -2.56. The molecule has 2 unspecified atom stereocenters. The third kappa shape index (κ3) is 4.79. The van der Waals surface area contributed by atoms with Crippen molar-refractivity contribution in [3.05, 3.63) is 53.7 Å². The highest BCUT2D eigenvalue weighted by Gasteiger charge is 2.25. The molecule has 144 valence electrons. The Balaban J connectivity index is 1.81. The number of ether oxygens (including phenoxy) is 1. The van der Waals surface area contributed by atoms with E-state index in [0.717, 1.165) is 24.4 Å². The Bertz CT molecular complexity index is 794. The number of nitrogens with zero attached hydrogens (tertiary/aromatic N) is 3. The molecular weight excluding hydrogens is 338 g/mol. The molecule has 1 aliphatic heterocycles. The van der Waals surface area contributed by atoms with Crippen LogP contribution in [0.1, 0.15) is 51.2 Å². The lowest BCUT2D eigenvalue weighted by atomic mass is 9.91. The molecule has 1 aromatic heterocycles. The summed E-state index contributed by atoms with van der Waals surface area (Å²) < 4.78 is 5.97. The zero-order chi connectivity index (χ0) is 19.4. The van der Waals surface area contributed by atoms with Crippen molar-refractivity contribution in [2.75, 3.05) is 13.1 Å². The molecule has 5 heteroatoms. The Morgan fingerprint density at radius 3 is 2.59 bits per heavy atom. The number of benzene rings is 1. The predicted octanol–water partition coefficient (Wildman–Crippen LogP) is 5.11. The highest BCUT2D eigenvalue weighted by atomic mass is 16.5. The second kappa shape index (κ2) is 8.42. The molecule has 2 aromatic rings. The highest BCUT2D eigenvalue weighted by Crippen LogP contribution is 2.26. The average molecular weight is 367 g/mol. The van der Waals surface area contributed by atoms with Gasteiger partial charge in [-0.05, 0) is 47.9 Å². The van der Waals surface area contributed by atoms with Crippen LogP contribution in [0.2, 0.25) is 0 Å². The van der Waals surface area contributed by atoms with Crippen LogP contribution >= 0.6 is 0 Å². The van der Waals surface area contributed by atoms with Crippen molar-refractivity contribution in [1.82, 2.24) is 9.88 Å². The molecule has 1 saturated heterocycles. The van der Waals surface area contributed by atoms with Gasteiger partial charge in [-0.15, -0.1) is 0 Å². The minimum Gasteiger partial charge on any atom is -0.439 e. The van der Waals surface area contributed by atoms with Gasteiger partial charge in [0.1, 0.15) is 5.75 Å². The van der Waals surface area contributed by atoms with E-state index in [-0.39, 0.29) is 0 Å². The first kappa shape index (κ1) is 19.2. The molecule has 0 bridgehead atoms. The summed E-state index contributed by atoms with van der Waals surface area (Å²) in [6, 6.07) is 11.7. The lowest BCUT2D eigenvalue weighted by Crippen LogP contribution is -2.43. The molecule has 0 saturated carbocycles. The Morgan fingerprint density at radius 1 is 1.19 bits per heavy atom. The van der Waals surface area contributed by atoms with Gasteiger partial charge in [0, 0.05) is 30.9 Å². The van der Waals surface area contributed by atoms with Gasteiger partial charge in [-0.2, -0.15) is 0 Å². The van der Waals surface area contributed by atoms with E-state index in [2.05, 4.69) is 48.8 Å². The van der Waals surface area contributed by atoms with Crippen LogP contribution in [-0.2, 0) is 0 Å². The molecule has 0 spiro atoms. The maximum absolute atomic E-state index is 9.67. The summed E-state index contributed by atoms with van der Waals surface area (Å²) in [5.41, 5.74) is 2.03. The van der Waals surface area contributed by atoms with E-state index >= 15 is 0 Å². The second-order valence-electron chi connectivity index (χ2n) is 7.99. The summed E-state index contributed by atoms with van der Waals surface area (Å²) >= 11 is 0. The molecule has 1 N–H and O–H groups in total. The van der Waals surface area contributed by atoms with Gasteiger partial charge < -0.3 is 14.8 Å². The zero-order valence-corrected chi connectivity index (χ0v) is 16.6. The lowest BCUT2D eigenvalue weighted by Gasteiger charge is -2.36. The summed E-state index contributed by atoms with van der Waals surface area (Å²) in [5.74, 6) is 3.41. The van der Waals surface area contributed by atoms with E-state index in [9.17, 15) is 5.21 Å². The number of piperidine rings is 1. The van der Waals surface area contributed by atoms with Gasteiger partial charge in [-0.25, -0.2) is 4.98 Å². The fraction of sp³-hybridized carbons (Fsp3) is 0.455. The summed E-state index contributed by atoms with van der Waals surface area (Å²) in [5, 5.41) is 13.3. The van der Waals surface area contributed by atoms with Gasteiger partial charge in [0.2, 0.25) is 5.88 Å². The van der Waals surface area contributed by atoms with Crippen LogP contribution in [-0.4, -0.2) is 34.0 Å². The molecule has 1 fully saturated rings. The quantitative estimate of drug-likeness (QED) is 0.353.